The summed E-state index contributed by atoms with van der Waals surface area (Å²) in [6, 6.07) is 20.2. The Labute approximate surface area is 185 Å². The molecule has 3 heterocycles. The van der Waals surface area contributed by atoms with Crippen LogP contribution in [0.1, 0.15) is 24.8 Å². The molecular weight excluding hydrogens is 402 g/mol. The first-order valence-corrected chi connectivity index (χ1v) is 10.9. The molecule has 7 nitrogen and oxygen atoms in total. The lowest BCUT2D eigenvalue weighted by molar-refractivity contribution is 0.182. The summed E-state index contributed by atoms with van der Waals surface area (Å²) >= 11 is 0. The summed E-state index contributed by atoms with van der Waals surface area (Å²) in [5, 5.41) is 13.7. The number of aromatic nitrogens is 3. The second-order valence-electron chi connectivity index (χ2n) is 8.17. The number of rotatable bonds is 5. The maximum Gasteiger partial charge on any atom is 0.384 e. The topological polar surface area (TPSA) is 83.3 Å². The number of nitrogens with one attached hydrogen (secondary N) is 1. The van der Waals surface area contributed by atoms with E-state index in [1.54, 1.807) is 12.1 Å². The van der Waals surface area contributed by atoms with Crippen LogP contribution in [-0.2, 0) is 6.54 Å². The highest BCUT2D eigenvalue weighted by Crippen LogP contribution is 2.27. The van der Waals surface area contributed by atoms with Gasteiger partial charge >= 0.3 is 5.69 Å². The van der Waals surface area contributed by atoms with E-state index >= 15 is 0 Å². The summed E-state index contributed by atoms with van der Waals surface area (Å²) in [5.74, 6) is 0.359. The fourth-order valence-electron chi connectivity index (χ4n) is 4.23. The predicted molar refractivity (Wildman–Crippen MR) is 125 cm³/mol. The Balaban J connectivity index is 1.38. The standard InChI is InChI=1S/C25H25N5O2/c31-25-28-23(22-8-5-13-26-24(22)30(25)32)27-21-7-4-6-20(16-21)19-11-9-18(10-12-19)17-29-14-2-1-3-15-29/h4-13,16,32H,1-3,14-15,17H2,(H,27,28,31). The molecule has 2 N–H and O–H groups in total. The van der Waals surface area contributed by atoms with E-state index in [0.29, 0.717) is 15.9 Å². The van der Waals surface area contributed by atoms with Gasteiger partial charge in [0.05, 0.1) is 5.39 Å². The van der Waals surface area contributed by atoms with Crippen LogP contribution >= 0.6 is 0 Å². The van der Waals surface area contributed by atoms with Crippen molar-refractivity contribution in [3.8, 4) is 11.1 Å². The zero-order chi connectivity index (χ0) is 21.9. The van der Waals surface area contributed by atoms with Crippen LogP contribution < -0.4 is 11.0 Å². The molecule has 4 aromatic rings. The summed E-state index contributed by atoms with van der Waals surface area (Å²) in [6.45, 7) is 3.38. The van der Waals surface area contributed by atoms with E-state index in [9.17, 15) is 10.0 Å². The Kier molecular flexibility index (Phi) is 5.56. The van der Waals surface area contributed by atoms with Crippen molar-refractivity contribution in [3.63, 3.8) is 0 Å². The van der Waals surface area contributed by atoms with E-state index in [4.69, 9.17) is 0 Å². The molecule has 0 spiro atoms. The van der Waals surface area contributed by atoms with E-state index in [2.05, 4.69) is 50.5 Å². The summed E-state index contributed by atoms with van der Waals surface area (Å²) in [4.78, 5) is 22.6. The predicted octanol–water partition coefficient (Wildman–Crippen LogP) is 4.43. The summed E-state index contributed by atoms with van der Waals surface area (Å²) in [6.07, 6.45) is 5.46. The van der Waals surface area contributed by atoms with Crippen molar-refractivity contribution in [2.45, 2.75) is 25.8 Å². The van der Waals surface area contributed by atoms with Gasteiger partial charge in [-0.2, -0.15) is 4.98 Å². The fraction of sp³-hybridized carbons (Fsp3) is 0.240. The van der Waals surface area contributed by atoms with Gasteiger partial charge in [0.1, 0.15) is 5.82 Å². The first-order chi connectivity index (χ1) is 15.7. The Morgan fingerprint density at radius 2 is 1.75 bits per heavy atom. The molecule has 0 amide bonds. The zero-order valence-corrected chi connectivity index (χ0v) is 17.7. The molecule has 2 aromatic heterocycles. The smallest absolute Gasteiger partial charge is 0.384 e. The minimum atomic E-state index is -0.779. The number of piperidine rings is 1. The maximum atomic E-state index is 12.0. The van der Waals surface area contributed by atoms with Gasteiger partial charge in [0.25, 0.3) is 0 Å². The third kappa shape index (κ3) is 4.20. The molecule has 0 bridgehead atoms. The van der Waals surface area contributed by atoms with Crippen LogP contribution in [-0.4, -0.2) is 37.9 Å². The van der Waals surface area contributed by atoms with Gasteiger partial charge in [0.2, 0.25) is 0 Å². The van der Waals surface area contributed by atoms with Crippen molar-refractivity contribution in [1.29, 1.82) is 0 Å². The molecule has 5 rings (SSSR count). The van der Waals surface area contributed by atoms with Crippen LogP contribution in [0.2, 0.25) is 0 Å². The average Bonchev–Trinajstić information content (AvgIpc) is 2.84. The zero-order valence-electron chi connectivity index (χ0n) is 17.7. The monoisotopic (exact) mass is 427 g/mol. The van der Waals surface area contributed by atoms with Gasteiger partial charge in [-0.15, -0.1) is 4.73 Å². The fourth-order valence-corrected chi connectivity index (χ4v) is 4.23. The van der Waals surface area contributed by atoms with Crippen molar-refractivity contribution < 1.29 is 5.21 Å². The number of nitrogens with zero attached hydrogens (tertiary/aromatic N) is 4. The lowest BCUT2D eigenvalue weighted by Crippen LogP contribution is -2.28. The van der Waals surface area contributed by atoms with Crippen molar-refractivity contribution in [1.82, 2.24) is 19.6 Å². The highest BCUT2D eigenvalue weighted by atomic mass is 16.5. The van der Waals surface area contributed by atoms with Crippen LogP contribution in [0.4, 0.5) is 11.5 Å². The van der Waals surface area contributed by atoms with E-state index in [0.717, 1.165) is 23.4 Å². The lowest BCUT2D eigenvalue weighted by Gasteiger charge is -2.26. The molecular formula is C25H25N5O2. The SMILES string of the molecule is O=c1nc(Nc2cccc(-c3ccc(CN4CCCCC4)cc3)c2)c2cccnc2n1O. The van der Waals surface area contributed by atoms with E-state index in [-0.39, 0.29) is 5.65 Å². The van der Waals surface area contributed by atoms with Crippen LogP contribution in [0.25, 0.3) is 22.2 Å². The van der Waals surface area contributed by atoms with Gasteiger partial charge in [-0.1, -0.05) is 42.8 Å². The number of pyridine rings is 1. The number of hydrogen-bond acceptors (Lipinski definition) is 6. The molecule has 0 atom stereocenters. The van der Waals surface area contributed by atoms with Crippen molar-refractivity contribution in [2.24, 2.45) is 0 Å². The van der Waals surface area contributed by atoms with Crippen LogP contribution in [0.15, 0.2) is 71.7 Å². The van der Waals surface area contributed by atoms with Gasteiger partial charge in [-0.05, 0) is 66.9 Å². The third-order valence-electron chi connectivity index (χ3n) is 5.90. The minimum Gasteiger partial charge on any atom is -0.422 e. The Hall–Kier alpha value is -3.71. The van der Waals surface area contributed by atoms with Crippen molar-refractivity contribution in [2.75, 3.05) is 18.4 Å². The highest BCUT2D eigenvalue weighted by Gasteiger charge is 2.12. The molecule has 7 heteroatoms. The molecule has 162 valence electrons. The highest BCUT2D eigenvalue weighted by molar-refractivity contribution is 5.88. The van der Waals surface area contributed by atoms with Crippen LogP contribution in [0, 0.1) is 0 Å². The summed E-state index contributed by atoms with van der Waals surface area (Å²) in [7, 11) is 0. The molecule has 32 heavy (non-hydrogen) atoms. The number of anilines is 2. The third-order valence-corrected chi connectivity index (χ3v) is 5.90. The molecule has 0 saturated carbocycles. The van der Waals surface area contributed by atoms with Gasteiger partial charge in [0, 0.05) is 18.4 Å². The van der Waals surface area contributed by atoms with E-state index in [1.165, 1.54) is 44.1 Å². The van der Waals surface area contributed by atoms with Gasteiger partial charge in [-0.3, -0.25) is 4.90 Å². The van der Waals surface area contributed by atoms with Crippen LogP contribution in [0.5, 0.6) is 0 Å². The van der Waals surface area contributed by atoms with Crippen LogP contribution in [0.3, 0.4) is 0 Å². The summed E-state index contributed by atoms with van der Waals surface area (Å²) < 4.78 is 0.461. The van der Waals surface area contributed by atoms with E-state index in [1.807, 2.05) is 18.2 Å². The van der Waals surface area contributed by atoms with Crippen molar-refractivity contribution in [3.05, 3.63) is 82.9 Å². The normalized spacial score (nSPS) is 14.5. The molecule has 1 saturated heterocycles. The molecule has 1 aliphatic rings. The number of hydrogen-bond donors (Lipinski definition) is 2. The number of fused-ring (bicyclic) bond motifs is 1. The molecule has 1 aliphatic heterocycles. The second kappa shape index (κ2) is 8.80. The average molecular weight is 428 g/mol. The maximum absolute atomic E-state index is 12.0. The lowest BCUT2D eigenvalue weighted by atomic mass is 10.0. The largest absolute Gasteiger partial charge is 0.422 e. The summed E-state index contributed by atoms with van der Waals surface area (Å²) in [5.41, 5.74) is 3.71. The second-order valence-corrected chi connectivity index (χ2v) is 8.17. The minimum absolute atomic E-state index is 0.162. The number of likely N-dealkylation sites (tertiary alicyclic amines) is 1. The van der Waals surface area contributed by atoms with Gasteiger partial charge in [0.15, 0.2) is 5.65 Å². The molecule has 2 aromatic carbocycles. The Bertz CT molecular complexity index is 1290. The number of benzene rings is 2. The first-order valence-electron chi connectivity index (χ1n) is 10.9. The molecule has 0 radical (unpaired) electrons. The molecule has 1 fully saturated rings. The quantitative estimate of drug-likeness (QED) is 0.459. The van der Waals surface area contributed by atoms with E-state index < -0.39 is 5.69 Å². The van der Waals surface area contributed by atoms with Gasteiger partial charge < -0.3 is 10.5 Å². The first kappa shape index (κ1) is 20.2. The van der Waals surface area contributed by atoms with Gasteiger partial charge in [-0.25, -0.2) is 9.78 Å². The Morgan fingerprint density at radius 3 is 2.56 bits per heavy atom. The molecule has 0 unspecified atom stereocenters. The Morgan fingerprint density at radius 1 is 0.938 bits per heavy atom. The molecule has 0 aliphatic carbocycles. The van der Waals surface area contributed by atoms with Crippen molar-refractivity contribution >= 4 is 22.5 Å².